The summed E-state index contributed by atoms with van der Waals surface area (Å²) in [6, 6.07) is 142. The van der Waals surface area contributed by atoms with Crippen LogP contribution in [0.15, 0.2) is 419 Å². The molecule has 18 aromatic rings. The molecule has 0 radical (unpaired) electrons. The maximum atomic E-state index is 2.55. The first kappa shape index (κ1) is 87.4. The van der Waals surface area contributed by atoms with Gasteiger partial charge in [-0.05, 0) is 179 Å². The summed E-state index contributed by atoms with van der Waals surface area (Å²) < 4.78 is 7.42. The summed E-state index contributed by atoms with van der Waals surface area (Å²) in [5.41, 5.74) is 33.5. The van der Waals surface area contributed by atoms with E-state index in [-0.39, 0.29) is 0 Å². The van der Waals surface area contributed by atoms with E-state index >= 15 is 0 Å². The first-order chi connectivity index (χ1) is 68.7. The molecule has 2 aromatic heterocycles. The average Bonchev–Trinajstić information content (AvgIpc) is 1.67. The quantitative estimate of drug-likeness (QED) is 0.105. The molecule has 141 heavy (non-hydrogen) atoms. The Labute approximate surface area is 833 Å². The second-order valence-electron chi connectivity index (χ2n) is 41.8. The molecule has 16 aromatic carbocycles. The molecule has 2 unspecified atom stereocenters. The van der Waals surface area contributed by atoms with Gasteiger partial charge in [-0.1, -0.05) is 328 Å². The van der Waals surface area contributed by atoms with Crippen LogP contribution in [0.5, 0.6) is 0 Å². The number of benzene rings is 16. The summed E-state index contributed by atoms with van der Waals surface area (Å²) in [6.45, 7) is 26.2. The molecule has 0 saturated carbocycles. The molecule has 0 bridgehead atoms. The highest BCUT2D eigenvalue weighted by Gasteiger charge is 2.54. The van der Waals surface area contributed by atoms with Gasteiger partial charge in [0.1, 0.15) is 61.2 Å². The van der Waals surface area contributed by atoms with E-state index in [2.05, 4.69) is 553 Å². The maximum absolute atomic E-state index is 2.73. The van der Waals surface area contributed by atoms with E-state index in [1.165, 1.54) is 199 Å². The summed E-state index contributed by atoms with van der Waals surface area (Å²) in [7, 11) is -3.92. The van der Waals surface area contributed by atoms with Crippen molar-refractivity contribution in [3.05, 3.63) is 453 Å². The Kier molecular flexibility index (Phi) is 21.0. The van der Waals surface area contributed by atoms with Crippen molar-refractivity contribution in [1.82, 2.24) is 14.4 Å². The number of para-hydroxylation sites is 10. The molecule has 15 heteroatoms. The van der Waals surface area contributed by atoms with E-state index in [1.807, 2.05) is 0 Å². The molecule has 2 atom stereocenters. The van der Waals surface area contributed by atoms with Crippen molar-refractivity contribution >= 4 is 175 Å². The average molecular weight is 1900 g/mol. The van der Waals surface area contributed by atoms with Crippen LogP contribution < -0.4 is 90.4 Å². The SMILES string of the molecule is CC(C)c1cccc(C(C)C)c1-n1cc[n+]2c1-c1cc3c(cc1C2)[Si](C)(C)c1ccccc1N3c1ccccc1.CN1C=CN2c3c(ccc4c3[Si](c3ccccc3)(c3ccccc3)c3ccccc3N4c3ccccc3)CC12.CN1C=CN2c3cc4c(cc3CC12)[Si](C)(C)c1ccccc1N4c1ccccc1.C[Si]1(C)c2ccccc2N(c2ccccc2)c2cc3c(cc21)C[n+]1c-3ccc2ccccc21. The third-order valence-corrected chi connectivity index (χ3v) is 47.6. The molecule has 690 valence electrons. The number of hydrogen-bond acceptors (Lipinski definition) is 8. The highest BCUT2D eigenvalue weighted by molar-refractivity contribution is 7.22. The molecular formula is C126H117N11Si4+2. The molecule has 11 nitrogen and oxygen atoms in total. The number of nitrogens with zero attached hydrogens (tertiary/aromatic N) is 11. The van der Waals surface area contributed by atoms with Gasteiger partial charge in [0.25, 0.3) is 5.82 Å². The summed E-state index contributed by atoms with van der Waals surface area (Å²) in [5, 5.41) is 16.2. The fraction of sp³-hybridized carbons (Fsp3) is 0.159. The summed E-state index contributed by atoms with van der Waals surface area (Å²) >= 11 is 0. The summed E-state index contributed by atoms with van der Waals surface area (Å²) in [5.74, 6) is 2.18. The Morgan fingerprint density at radius 1 is 0.305 bits per heavy atom. The molecule has 0 N–H and O–H groups in total. The Morgan fingerprint density at radius 3 is 1.21 bits per heavy atom. The minimum absolute atomic E-state index is 0.326. The van der Waals surface area contributed by atoms with Crippen LogP contribution in [0.2, 0.25) is 39.3 Å². The van der Waals surface area contributed by atoms with Gasteiger partial charge in [-0.25, -0.2) is 4.57 Å². The molecule has 0 amide bonds. The minimum atomic E-state index is -2.73. The fourth-order valence-electron chi connectivity index (χ4n) is 25.2. The third-order valence-electron chi connectivity index (χ3n) is 32.2. The maximum Gasteiger partial charge on any atom is 0.294 e. The number of aromatic nitrogens is 3. The Morgan fingerprint density at radius 2 is 0.709 bits per heavy atom. The first-order valence-electron chi connectivity index (χ1n) is 50.4. The van der Waals surface area contributed by atoms with Crippen LogP contribution in [0.3, 0.4) is 0 Å². The number of imidazole rings is 1. The van der Waals surface area contributed by atoms with E-state index in [4.69, 9.17) is 0 Å². The lowest BCUT2D eigenvalue weighted by atomic mass is 9.92. The van der Waals surface area contributed by atoms with Crippen LogP contribution >= 0.6 is 0 Å². The van der Waals surface area contributed by atoms with Gasteiger partial charge in [-0.15, -0.1) is 0 Å². The van der Waals surface area contributed by atoms with Crippen LogP contribution in [-0.2, 0) is 25.9 Å². The topological polar surface area (TPSA) is 38.6 Å². The van der Waals surface area contributed by atoms with Crippen LogP contribution in [-0.4, -0.2) is 73.1 Å². The van der Waals surface area contributed by atoms with Crippen molar-refractivity contribution < 1.29 is 9.13 Å². The number of rotatable bonds is 9. The predicted octanol–water partition coefficient (Wildman–Crippen LogP) is 22.8. The van der Waals surface area contributed by atoms with Crippen LogP contribution in [0.4, 0.5) is 79.6 Å². The van der Waals surface area contributed by atoms with E-state index < -0.39 is 32.3 Å². The van der Waals surface area contributed by atoms with E-state index in [0.717, 1.165) is 25.9 Å². The van der Waals surface area contributed by atoms with Gasteiger partial charge >= 0.3 is 0 Å². The monoisotopic (exact) mass is 1900 g/mol. The van der Waals surface area contributed by atoms with Crippen LogP contribution in [0.1, 0.15) is 72.9 Å². The van der Waals surface area contributed by atoms with Crippen molar-refractivity contribution in [3.8, 4) is 28.3 Å². The third kappa shape index (κ3) is 13.7. The lowest BCUT2D eigenvalue weighted by Crippen LogP contribution is -2.77. The normalized spacial score (nSPS) is 16.9. The number of hydrogen-bond donors (Lipinski definition) is 0. The van der Waals surface area contributed by atoms with Crippen LogP contribution in [0, 0.1) is 0 Å². The van der Waals surface area contributed by atoms with E-state index in [9.17, 15) is 0 Å². The number of anilines is 14. The Bertz CT molecular complexity index is 8010. The highest BCUT2D eigenvalue weighted by Crippen LogP contribution is 2.51. The van der Waals surface area contributed by atoms with Crippen molar-refractivity contribution in [2.24, 2.45) is 0 Å². The van der Waals surface area contributed by atoms with Crippen molar-refractivity contribution in [1.29, 1.82) is 0 Å². The molecule has 10 aliphatic rings. The van der Waals surface area contributed by atoms with Crippen LogP contribution in [0.25, 0.3) is 39.2 Å². The van der Waals surface area contributed by atoms with E-state index in [1.54, 1.807) is 5.19 Å². The van der Waals surface area contributed by atoms with Gasteiger partial charge in [0.05, 0.1) is 11.1 Å². The highest BCUT2D eigenvalue weighted by atomic mass is 28.3. The molecule has 0 spiro atoms. The van der Waals surface area contributed by atoms with Crippen molar-refractivity contribution in [3.63, 3.8) is 0 Å². The number of likely N-dealkylation sites (N-methyl/N-ethyl adjacent to an activating group) is 2. The van der Waals surface area contributed by atoms with Gasteiger partial charge in [0.2, 0.25) is 11.2 Å². The first-order valence-corrected chi connectivity index (χ1v) is 61.4. The largest absolute Gasteiger partial charge is 0.358 e. The van der Waals surface area contributed by atoms with Gasteiger partial charge in [-0.3, -0.25) is 0 Å². The fourth-order valence-corrected chi connectivity index (χ4v) is 39.6. The summed E-state index contributed by atoms with van der Waals surface area (Å²) in [6.07, 6.45) is 16.4. The van der Waals surface area contributed by atoms with Gasteiger partial charge in [0.15, 0.2) is 14.6 Å². The van der Waals surface area contributed by atoms with Gasteiger partial charge < -0.3 is 39.2 Å². The molecule has 12 heterocycles. The predicted molar refractivity (Wildman–Crippen MR) is 600 cm³/mol. The van der Waals surface area contributed by atoms with Gasteiger partial charge in [-0.2, -0.15) is 9.13 Å². The van der Waals surface area contributed by atoms with Crippen molar-refractivity contribution in [2.45, 2.75) is 117 Å². The standard InChI is InChI=1S/C36H38N3Si.C35H29N3Si.C30H25N2Si.C25H25N3Si/c1-24(2)28-15-12-16-29(25(3)4)35(28)38-20-19-37-23-26-21-34-32(22-30(26)36(37)38)39(27-13-8-7-9-14-27)31-17-10-11-18-33(31)40(34,5)6;1-36-23-24-37-33(36)25-26-21-22-31-35(34(26)37)39(28-15-7-3-8-16-28,29-17-9-4-10-18-29)32-20-12-11-19-30(32)38(31)27-13-5-2-6-14-27;1-33(2)29-15-9-8-14-27(29)32(23-11-4-3-5-12-23)28-19-24-22(18-30(28)33)20-31-25-13-7-6-10-21(25)16-17-26(24)31;1-26-13-14-27-21-17-22-24(15-18(21)16-25(26)27)29(2,3)23-12-8-7-11-20(23)28(22)19-9-5-4-6-10-19/h7-22,24-25H,23H2,1-6H3;2-24,33H,25H2,1H3;3-19H,20H2,1-2H3;4-15,17,25H,16H2,1-3H3/q+1;;+1;. The lowest BCUT2D eigenvalue weighted by molar-refractivity contribution is -0.671. The smallest absolute Gasteiger partial charge is 0.294 e. The molecular weight excluding hydrogens is 1780 g/mol. The number of fused-ring (bicyclic) bond motifs is 23. The lowest BCUT2D eigenvalue weighted by Gasteiger charge is -2.46. The zero-order chi connectivity index (χ0) is 95.6. The summed E-state index contributed by atoms with van der Waals surface area (Å²) in [4.78, 5) is 19.6. The molecule has 0 aliphatic carbocycles. The zero-order valence-electron chi connectivity index (χ0n) is 82.4. The second kappa shape index (κ2) is 33.9. The molecule has 28 rings (SSSR count). The Balaban J connectivity index is 0.0000000997. The van der Waals surface area contributed by atoms with Crippen molar-refractivity contribution in [2.75, 3.05) is 43.5 Å². The zero-order valence-corrected chi connectivity index (χ0v) is 86.4. The molecule has 10 aliphatic heterocycles. The molecule has 0 fully saturated rings. The second-order valence-corrected chi connectivity index (χ2v) is 58.5. The Hall–Kier alpha value is -15.1. The van der Waals surface area contributed by atoms with Gasteiger partial charge in [0, 0.05) is 176 Å². The molecule has 0 saturated heterocycles. The van der Waals surface area contributed by atoms with E-state index in [0.29, 0.717) is 24.2 Å². The number of pyridine rings is 1. The minimum Gasteiger partial charge on any atom is -0.358 e.